The fourth-order valence-corrected chi connectivity index (χ4v) is 1.15. The zero-order chi connectivity index (χ0) is 12.3. The molecule has 0 aliphatic carbocycles. The summed E-state index contributed by atoms with van der Waals surface area (Å²) in [6, 6.07) is 2.63. The number of primary amides is 1. The average molecular weight is 234 g/mol. The molecule has 1 amide bonds. The highest BCUT2D eigenvalue weighted by Crippen LogP contribution is 2.23. The topological polar surface area (TPSA) is 76.2 Å². The first-order chi connectivity index (χ1) is 7.32. The van der Waals surface area contributed by atoms with Crippen molar-refractivity contribution in [3.63, 3.8) is 0 Å². The molecule has 0 bridgehead atoms. The molecule has 7 heteroatoms. The van der Waals surface area contributed by atoms with Crippen molar-refractivity contribution in [3.05, 3.63) is 29.6 Å². The number of nitrogens with zero attached hydrogens (tertiary/aromatic N) is 1. The molecule has 88 valence electrons. The number of carbonyl (C=O) groups is 1. The van der Waals surface area contributed by atoms with Gasteiger partial charge in [-0.2, -0.15) is 13.2 Å². The lowest BCUT2D eigenvalue weighted by Gasteiger charge is -2.15. The van der Waals surface area contributed by atoms with Crippen molar-refractivity contribution in [1.29, 1.82) is 0 Å². The Morgan fingerprint density at radius 1 is 1.56 bits per heavy atom. The van der Waals surface area contributed by atoms with Crippen LogP contribution in [0.15, 0.2) is 18.3 Å². The van der Waals surface area contributed by atoms with Crippen molar-refractivity contribution in [2.75, 3.05) is 0 Å². The smallest absolute Gasteiger partial charge is 0.383 e. The molecular weight excluding hydrogens is 225 g/mol. The number of aliphatic hydroxyl groups excluding tert-OH is 1. The van der Waals surface area contributed by atoms with Crippen molar-refractivity contribution in [2.45, 2.75) is 18.7 Å². The minimum atomic E-state index is -4.73. The highest BCUT2D eigenvalue weighted by molar-refractivity contribution is 5.92. The normalized spacial score (nSPS) is 13.5. The molecule has 1 heterocycles. The molecule has 0 saturated carbocycles. The minimum Gasteiger partial charge on any atom is -0.383 e. The van der Waals surface area contributed by atoms with Crippen LogP contribution >= 0.6 is 0 Å². The summed E-state index contributed by atoms with van der Waals surface area (Å²) in [6.07, 6.45) is -6.76. The molecule has 3 N–H and O–H groups in total. The lowest BCUT2D eigenvalue weighted by atomic mass is 10.1. The fourth-order valence-electron chi connectivity index (χ4n) is 1.15. The van der Waals surface area contributed by atoms with Gasteiger partial charge in [-0.05, 0) is 11.6 Å². The molecule has 0 saturated heterocycles. The Labute approximate surface area is 88.9 Å². The van der Waals surface area contributed by atoms with Crippen molar-refractivity contribution in [1.82, 2.24) is 4.98 Å². The van der Waals surface area contributed by atoms with Crippen LogP contribution < -0.4 is 5.73 Å². The summed E-state index contributed by atoms with van der Waals surface area (Å²) in [4.78, 5) is 14.4. The molecule has 16 heavy (non-hydrogen) atoms. The highest BCUT2D eigenvalue weighted by atomic mass is 19.4. The lowest BCUT2D eigenvalue weighted by Crippen LogP contribution is -2.31. The van der Waals surface area contributed by atoms with E-state index in [2.05, 4.69) is 4.98 Å². The predicted octanol–water partition coefficient (Wildman–Crippen LogP) is 0.646. The summed E-state index contributed by atoms with van der Waals surface area (Å²) in [5.41, 5.74) is 4.65. The summed E-state index contributed by atoms with van der Waals surface area (Å²) < 4.78 is 36.2. The number of nitrogens with two attached hydrogens (primary N) is 1. The third kappa shape index (κ3) is 2.93. The van der Waals surface area contributed by atoms with Gasteiger partial charge in [0.25, 0.3) is 5.91 Å². The van der Waals surface area contributed by atoms with Gasteiger partial charge >= 0.3 is 6.18 Å². The molecule has 1 aromatic heterocycles. The molecule has 0 fully saturated rings. The van der Waals surface area contributed by atoms with Gasteiger partial charge in [0.05, 0.1) is 0 Å². The molecule has 0 aliphatic rings. The van der Waals surface area contributed by atoms with Gasteiger partial charge in [0, 0.05) is 12.6 Å². The first-order valence-corrected chi connectivity index (χ1v) is 4.31. The maximum atomic E-state index is 12.1. The quantitative estimate of drug-likeness (QED) is 0.806. The molecule has 0 aliphatic heterocycles. The van der Waals surface area contributed by atoms with Crippen LogP contribution in [0.3, 0.4) is 0 Å². The van der Waals surface area contributed by atoms with Crippen LogP contribution in [-0.4, -0.2) is 28.3 Å². The number of halogens is 3. The summed E-state index contributed by atoms with van der Waals surface area (Å²) >= 11 is 0. The first kappa shape index (κ1) is 12.4. The van der Waals surface area contributed by atoms with Crippen molar-refractivity contribution in [3.8, 4) is 0 Å². The van der Waals surface area contributed by atoms with Crippen LogP contribution in [0.4, 0.5) is 13.2 Å². The lowest BCUT2D eigenvalue weighted by molar-refractivity contribution is -0.203. The van der Waals surface area contributed by atoms with E-state index < -0.39 is 24.6 Å². The first-order valence-electron chi connectivity index (χ1n) is 4.31. The molecule has 0 radical (unpaired) electrons. The SMILES string of the molecule is NC(=O)c1ncccc1C[C@@H](O)C(F)(F)F. The van der Waals surface area contributed by atoms with Gasteiger partial charge in [0.2, 0.25) is 0 Å². The number of alkyl halides is 3. The van der Waals surface area contributed by atoms with Gasteiger partial charge < -0.3 is 10.8 Å². The molecule has 1 rings (SSSR count). The Morgan fingerprint density at radius 2 is 2.19 bits per heavy atom. The van der Waals surface area contributed by atoms with Gasteiger partial charge in [0.1, 0.15) is 5.69 Å². The molecular formula is C9H9F3N2O2. The summed E-state index contributed by atoms with van der Waals surface area (Å²) in [6.45, 7) is 0. The Hall–Kier alpha value is -1.63. The van der Waals surface area contributed by atoms with Crippen LogP contribution in [0, 0.1) is 0 Å². The van der Waals surface area contributed by atoms with Gasteiger partial charge in [-0.3, -0.25) is 9.78 Å². The predicted molar refractivity (Wildman–Crippen MR) is 48.5 cm³/mol. The van der Waals surface area contributed by atoms with Gasteiger partial charge in [0.15, 0.2) is 6.10 Å². The number of hydrogen-bond donors (Lipinski definition) is 2. The zero-order valence-corrected chi connectivity index (χ0v) is 8.03. The fraction of sp³-hybridized carbons (Fsp3) is 0.333. The number of amides is 1. The van der Waals surface area contributed by atoms with E-state index in [0.29, 0.717) is 0 Å². The molecule has 4 nitrogen and oxygen atoms in total. The average Bonchev–Trinajstić information content (AvgIpc) is 2.16. The van der Waals surface area contributed by atoms with E-state index in [0.717, 1.165) is 0 Å². The number of pyridine rings is 1. The Balaban J connectivity index is 2.93. The van der Waals surface area contributed by atoms with Crippen molar-refractivity contribution in [2.24, 2.45) is 5.73 Å². The van der Waals surface area contributed by atoms with Gasteiger partial charge in [-0.15, -0.1) is 0 Å². The van der Waals surface area contributed by atoms with Crippen molar-refractivity contribution < 1.29 is 23.1 Å². The van der Waals surface area contributed by atoms with E-state index >= 15 is 0 Å². The third-order valence-electron chi connectivity index (χ3n) is 1.92. The molecule has 1 atom stereocenters. The van der Waals surface area contributed by atoms with Crippen molar-refractivity contribution >= 4 is 5.91 Å². The number of aliphatic hydroxyl groups is 1. The van der Waals surface area contributed by atoms with Gasteiger partial charge in [-0.25, -0.2) is 0 Å². The maximum absolute atomic E-state index is 12.1. The summed E-state index contributed by atoms with van der Waals surface area (Å²) in [7, 11) is 0. The molecule has 0 spiro atoms. The van der Waals surface area contributed by atoms with E-state index in [4.69, 9.17) is 10.8 Å². The number of rotatable bonds is 3. The summed E-state index contributed by atoms with van der Waals surface area (Å²) in [5, 5.41) is 8.84. The Morgan fingerprint density at radius 3 is 2.69 bits per heavy atom. The minimum absolute atomic E-state index is 0.0279. The summed E-state index contributed by atoms with van der Waals surface area (Å²) in [5.74, 6) is -0.926. The second-order valence-corrected chi connectivity index (χ2v) is 3.14. The maximum Gasteiger partial charge on any atom is 0.414 e. The van der Waals surface area contributed by atoms with E-state index in [1.807, 2.05) is 0 Å². The molecule has 0 unspecified atom stereocenters. The number of aromatic nitrogens is 1. The Kier molecular flexibility index (Phi) is 3.48. The van der Waals surface area contributed by atoms with E-state index in [1.54, 1.807) is 0 Å². The van der Waals surface area contributed by atoms with Crippen LogP contribution in [0.25, 0.3) is 0 Å². The second kappa shape index (κ2) is 4.48. The van der Waals surface area contributed by atoms with E-state index in [1.165, 1.54) is 18.3 Å². The van der Waals surface area contributed by atoms with Crippen LogP contribution in [0.2, 0.25) is 0 Å². The second-order valence-electron chi connectivity index (χ2n) is 3.14. The Bertz CT molecular complexity index is 393. The third-order valence-corrected chi connectivity index (χ3v) is 1.92. The zero-order valence-electron chi connectivity index (χ0n) is 8.03. The number of hydrogen-bond acceptors (Lipinski definition) is 3. The van der Waals surface area contributed by atoms with Crippen LogP contribution in [-0.2, 0) is 6.42 Å². The monoisotopic (exact) mass is 234 g/mol. The number of carbonyl (C=O) groups excluding carboxylic acids is 1. The van der Waals surface area contributed by atoms with Gasteiger partial charge in [-0.1, -0.05) is 6.07 Å². The molecule has 0 aromatic carbocycles. The molecule has 1 aromatic rings. The largest absolute Gasteiger partial charge is 0.414 e. The highest BCUT2D eigenvalue weighted by Gasteiger charge is 2.38. The van der Waals surface area contributed by atoms with Crippen LogP contribution in [0.5, 0.6) is 0 Å². The van der Waals surface area contributed by atoms with Crippen LogP contribution in [0.1, 0.15) is 16.1 Å². The van der Waals surface area contributed by atoms with E-state index in [-0.39, 0.29) is 11.3 Å². The van der Waals surface area contributed by atoms with E-state index in [9.17, 15) is 18.0 Å². The standard InChI is InChI=1S/C9H9F3N2O2/c10-9(11,12)6(15)4-5-2-1-3-14-7(5)8(13)16/h1-3,6,15H,4H2,(H2,13,16)/t6-/m1/s1.